The Morgan fingerprint density at radius 2 is 2.19 bits per heavy atom. The Morgan fingerprint density at radius 3 is 2.95 bits per heavy atom. The summed E-state index contributed by atoms with van der Waals surface area (Å²) in [5, 5.41) is 1.51. The van der Waals surface area contributed by atoms with E-state index >= 15 is 0 Å². The Morgan fingerprint density at radius 1 is 1.43 bits per heavy atom. The lowest BCUT2D eigenvalue weighted by molar-refractivity contribution is -0.139. The minimum absolute atomic E-state index is 0.183. The van der Waals surface area contributed by atoms with Gasteiger partial charge in [0.25, 0.3) is 5.56 Å². The van der Waals surface area contributed by atoms with Crippen molar-refractivity contribution in [3.63, 3.8) is 0 Å². The number of hydrogen-bond donors (Lipinski definition) is 1. The molecule has 0 unspecified atom stereocenters. The summed E-state index contributed by atoms with van der Waals surface area (Å²) >= 11 is 2.65. The van der Waals surface area contributed by atoms with E-state index in [1.807, 2.05) is 24.3 Å². The Bertz CT molecular complexity index is 885. The number of carbonyl (C=O) groups excluding carboxylic acids is 1. The molecule has 1 aromatic carbocycles. The highest BCUT2D eigenvalue weighted by Crippen LogP contribution is 2.31. The molecule has 5 nitrogen and oxygen atoms in total. The van der Waals surface area contributed by atoms with Gasteiger partial charge in [-0.1, -0.05) is 30.0 Å². The molecule has 2 heterocycles. The van der Waals surface area contributed by atoms with Gasteiger partial charge in [0.2, 0.25) is 0 Å². The average molecular weight is 320 g/mol. The second kappa shape index (κ2) is 5.50. The Kier molecular flexibility index (Phi) is 3.69. The topological polar surface area (TPSA) is 72.0 Å². The van der Waals surface area contributed by atoms with Crippen LogP contribution in [0.2, 0.25) is 0 Å². The van der Waals surface area contributed by atoms with Crippen LogP contribution in [0.3, 0.4) is 0 Å². The number of esters is 1. The molecule has 0 radical (unpaired) electrons. The smallest absolute Gasteiger partial charge is 0.318 e. The molecule has 7 heteroatoms. The minimum atomic E-state index is -0.426. The number of aromatic nitrogens is 2. The number of carbonyl (C=O) groups is 1. The molecule has 3 rings (SSSR count). The molecule has 0 saturated carbocycles. The zero-order valence-electron chi connectivity index (χ0n) is 11.4. The van der Waals surface area contributed by atoms with Crippen molar-refractivity contribution in [1.82, 2.24) is 9.97 Å². The zero-order chi connectivity index (χ0) is 15.0. The third-order valence-electron chi connectivity index (χ3n) is 3.05. The Labute approximate surface area is 128 Å². The number of thioether (sulfide) groups is 1. The van der Waals surface area contributed by atoms with Gasteiger partial charge in [-0.25, -0.2) is 4.98 Å². The SMILES string of the molecule is COC(=O)[C@@H](C)Sc1nc2sc3ccccc3c2c(=O)[nH]1. The standard InChI is InChI=1S/C14H12N2O3S2/c1-7(13(18)19-2)20-14-15-11(17)10-8-5-3-4-6-9(8)21-12(10)16-14/h3-7H,1-2H3,(H,15,16,17)/t7-/m1/s1. The van der Waals surface area contributed by atoms with E-state index in [-0.39, 0.29) is 11.5 Å². The number of nitrogens with one attached hydrogen (secondary N) is 1. The van der Waals surface area contributed by atoms with Crippen molar-refractivity contribution in [3.05, 3.63) is 34.6 Å². The summed E-state index contributed by atoms with van der Waals surface area (Å²) in [5.41, 5.74) is -0.183. The molecule has 0 aliphatic rings. The van der Waals surface area contributed by atoms with Crippen LogP contribution in [0, 0.1) is 0 Å². The number of thiophene rings is 1. The highest BCUT2D eigenvalue weighted by Gasteiger charge is 2.18. The lowest BCUT2D eigenvalue weighted by atomic mass is 10.2. The van der Waals surface area contributed by atoms with Gasteiger partial charge in [0.15, 0.2) is 5.16 Å². The summed E-state index contributed by atoms with van der Waals surface area (Å²) in [4.78, 5) is 31.6. The summed E-state index contributed by atoms with van der Waals surface area (Å²) in [7, 11) is 1.34. The molecule has 1 atom stereocenters. The summed E-state index contributed by atoms with van der Waals surface area (Å²) in [6.07, 6.45) is 0. The second-order valence-corrected chi connectivity index (χ2v) is 6.79. The van der Waals surface area contributed by atoms with Crippen LogP contribution in [0.15, 0.2) is 34.2 Å². The predicted octanol–water partition coefficient (Wildman–Crippen LogP) is 2.79. The molecule has 0 bridgehead atoms. The van der Waals surface area contributed by atoms with Gasteiger partial charge in [0, 0.05) is 10.1 Å². The number of fused-ring (bicyclic) bond motifs is 3. The van der Waals surface area contributed by atoms with Gasteiger partial charge in [-0.2, -0.15) is 0 Å². The molecule has 0 spiro atoms. The van der Waals surface area contributed by atoms with Gasteiger partial charge in [0.05, 0.1) is 12.5 Å². The molecule has 0 aliphatic heterocycles. The van der Waals surface area contributed by atoms with Crippen LogP contribution in [0.5, 0.6) is 0 Å². The van der Waals surface area contributed by atoms with Crippen LogP contribution in [-0.4, -0.2) is 28.3 Å². The first-order chi connectivity index (χ1) is 10.1. The van der Waals surface area contributed by atoms with E-state index < -0.39 is 5.25 Å². The van der Waals surface area contributed by atoms with Crippen LogP contribution in [0.25, 0.3) is 20.3 Å². The fourth-order valence-corrected chi connectivity index (χ4v) is 4.01. The maximum Gasteiger partial charge on any atom is 0.318 e. The zero-order valence-corrected chi connectivity index (χ0v) is 13.0. The van der Waals surface area contributed by atoms with Crippen molar-refractivity contribution < 1.29 is 9.53 Å². The third kappa shape index (κ3) is 2.54. The molecule has 0 aliphatic carbocycles. The van der Waals surface area contributed by atoms with E-state index in [0.717, 1.165) is 10.1 Å². The summed E-state index contributed by atoms with van der Waals surface area (Å²) < 4.78 is 5.69. The van der Waals surface area contributed by atoms with E-state index in [1.54, 1.807) is 6.92 Å². The summed E-state index contributed by atoms with van der Waals surface area (Å²) in [6.45, 7) is 1.71. The molecule has 0 saturated heterocycles. The van der Waals surface area contributed by atoms with E-state index in [0.29, 0.717) is 15.4 Å². The first kappa shape index (κ1) is 14.1. The van der Waals surface area contributed by atoms with Gasteiger partial charge in [-0.15, -0.1) is 11.3 Å². The first-order valence-corrected chi connectivity index (χ1v) is 7.96. The fraction of sp³-hybridized carbons (Fsp3) is 0.214. The number of benzene rings is 1. The minimum Gasteiger partial charge on any atom is -0.468 e. The van der Waals surface area contributed by atoms with Gasteiger partial charge in [0.1, 0.15) is 10.1 Å². The maximum absolute atomic E-state index is 12.3. The quantitative estimate of drug-likeness (QED) is 0.456. The largest absolute Gasteiger partial charge is 0.468 e. The second-order valence-electron chi connectivity index (χ2n) is 4.43. The summed E-state index contributed by atoms with van der Waals surface area (Å²) in [5.74, 6) is -0.348. The van der Waals surface area contributed by atoms with Crippen molar-refractivity contribution in [2.24, 2.45) is 0 Å². The van der Waals surface area contributed by atoms with Gasteiger partial charge in [-0.05, 0) is 13.0 Å². The van der Waals surface area contributed by atoms with Gasteiger partial charge >= 0.3 is 5.97 Å². The molecule has 1 N–H and O–H groups in total. The van der Waals surface area contributed by atoms with E-state index in [4.69, 9.17) is 0 Å². The highest BCUT2D eigenvalue weighted by molar-refractivity contribution is 8.00. The molecule has 3 aromatic rings. The number of H-pyrrole nitrogens is 1. The maximum atomic E-state index is 12.3. The van der Waals surface area contributed by atoms with Crippen LogP contribution in [-0.2, 0) is 9.53 Å². The van der Waals surface area contributed by atoms with Crippen molar-refractivity contribution in [1.29, 1.82) is 0 Å². The van der Waals surface area contributed by atoms with Crippen LogP contribution in [0.1, 0.15) is 6.92 Å². The monoisotopic (exact) mass is 320 g/mol. The van der Waals surface area contributed by atoms with Crippen LogP contribution >= 0.6 is 23.1 Å². The van der Waals surface area contributed by atoms with Crippen molar-refractivity contribution in [2.75, 3.05) is 7.11 Å². The third-order valence-corrected chi connectivity index (χ3v) is 5.08. The first-order valence-electron chi connectivity index (χ1n) is 6.26. The molecule has 21 heavy (non-hydrogen) atoms. The normalized spacial score (nSPS) is 12.7. The van der Waals surface area contributed by atoms with Crippen molar-refractivity contribution >= 4 is 49.4 Å². The van der Waals surface area contributed by atoms with Crippen LogP contribution < -0.4 is 5.56 Å². The summed E-state index contributed by atoms with van der Waals surface area (Å²) in [6, 6.07) is 7.71. The molecular formula is C14H12N2O3S2. The van der Waals surface area contributed by atoms with Gasteiger partial charge < -0.3 is 9.72 Å². The highest BCUT2D eigenvalue weighted by atomic mass is 32.2. The molecule has 0 fully saturated rings. The lowest BCUT2D eigenvalue weighted by Gasteiger charge is -2.07. The van der Waals surface area contributed by atoms with Crippen molar-refractivity contribution in [3.8, 4) is 0 Å². The number of nitrogens with zero attached hydrogens (tertiary/aromatic N) is 1. The number of methoxy groups -OCH3 is 1. The average Bonchev–Trinajstić information content (AvgIpc) is 2.84. The number of rotatable bonds is 3. The number of ether oxygens (including phenoxy) is 1. The number of hydrogen-bond acceptors (Lipinski definition) is 6. The number of aromatic amines is 1. The molecule has 108 valence electrons. The fourth-order valence-electron chi connectivity index (χ4n) is 2.05. The molecular weight excluding hydrogens is 308 g/mol. The van der Waals surface area contributed by atoms with E-state index in [9.17, 15) is 9.59 Å². The Balaban J connectivity index is 2.09. The van der Waals surface area contributed by atoms with E-state index in [1.165, 1.54) is 30.2 Å². The van der Waals surface area contributed by atoms with E-state index in [2.05, 4.69) is 14.7 Å². The lowest BCUT2D eigenvalue weighted by Crippen LogP contribution is -2.16. The van der Waals surface area contributed by atoms with Crippen LogP contribution in [0.4, 0.5) is 0 Å². The van der Waals surface area contributed by atoms with Gasteiger partial charge in [-0.3, -0.25) is 9.59 Å². The molecule has 0 amide bonds. The Hall–Kier alpha value is -1.86. The molecule has 2 aromatic heterocycles. The van der Waals surface area contributed by atoms with Crippen molar-refractivity contribution in [2.45, 2.75) is 17.3 Å². The predicted molar refractivity (Wildman–Crippen MR) is 85.1 cm³/mol.